The van der Waals surface area contributed by atoms with Crippen LogP contribution >= 0.6 is 0 Å². The zero-order chi connectivity index (χ0) is 7.15. The smallest absolute Gasteiger partial charge is 0.356 e. The van der Waals surface area contributed by atoms with Gasteiger partial charge in [-0.1, -0.05) is 0 Å². The van der Waals surface area contributed by atoms with Crippen LogP contribution in [0, 0.1) is 30.6 Å². The van der Waals surface area contributed by atoms with E-state index < -0.39 is 10.2 Å². The van der Waals surface area contributed by atoms with E-state index in [9.17, 15) is 0 Å². The second-order valence-electron chi connectivity index (χ2n) is 0.447. The summed E-state index contributed by atoms with van der Waals surface area (Å²) in [6.45, 7) is 0. The molecule has 10 heteroatoms. The summed E-state index contributed by atoms with van der Waals surface area (Å²) in [5.74, 6) is 0. The fraction of sp³-hybridized carbons (Fsp3) is 0. The maximum Gasteiger partial charge on any atom is 1.00 e. The Hall–Kier alpha value is 0.0623. The van der Waals surface area contributed by atoms with Crippen LogP contribution in [0.4, 0.5) is 0 Å². The minimum Gasteiger partial charge on any atom is -0.356 e. The van der Waals surface area contributed by atoms with Crippen LogP contribution in [0.2, 0.25) is 0 Å². The van der Waals surface area contributed by atoms with Gasteiger partial charge in [-0.05, 0) is 0 Å². The number of rotatable bonds is 0. The largest absolute Gasteiger partial charge is 1.00 e. The van der Waals surface area contributed by atoms with Gasteiger partial charge in [0.1, 0.15) is 0 Å². The molecular formula is AgN2O6Tl-. The number of nitrogens with zero attached hydrogens (tertiary/aromatic N) is 2. The van der Waals surface area contributed by atoms with Crippen molar-refractivity contribution in [2.45, 2.75) is 0 Å². The Kier molecular flexibility index (Phi) is 36.0. The summed E-state index contributed by atoms with van der Waals surface area (Å²) < 4.78 is 0. The third-order valence-electron chi connectivity index (χ3n) is 0. The third kappa shape index (κ3) is 103000. The molecule has 0 aliphatic heterocycles. The maximum absolute atomic E-state index is 8.25. The van der Waals surface area contributed by atoms with E-state index in [0.29, 0.717) is 0 Å². The van der Waals surface area contributed by atoms with Gasteiger partial charge in [-0.25, -0.2) is 0 Å². The standard InChI is InChI=1S/Ag.2NO3.Tl/c;2*2-1(3)4;/q+1;2*-1;. The minimum absolute atomic E-state index is 0. The van der Waals surface area contributed by atoms with Crippen LogP contribution in [0.5, 0.6) is 0 Å². The molecule has 0 N–H and O–H groups in total. The van der Waals surface area contributed by atoms with E-state index in [1.807, 2.05) is 0 Å². The maximum atomic E-state index is 8.25. The Morgan fingerprint density at radius 1 is 0.800 bits per heavy atom. The van der Waals surface area contributed by atoms with Gasteiger partial charge in [0.25, 0.3) is 0 Å². The minimum atomic E-state index is -1.75. The predicted octanol–water partition coefficient (Wildman–Crippen LogP) is -0.862. The van der Waals surface area contributed by atoms with E-state index in [0.717, 1.165) is 0 Å². The molecule has 1 radical (unpaired) electrons. The molecule has 0 fully saturated rings. The van der Waals surface area contributed by atoms with Gasteiger partial charge in [0.05, 0.1) is 10.2 Å². The Bertz CT molecular complexity index is 73.7. The molecule has 0 spiro atoms. The first-order chi connectivity index (χ1) is 3.46. The number of hydrogen-bond donors (Lipinski definition) is 0. The zero-order valence-corrected chi connectivity index (χ0v) is 10.2. The molecule has 0 aliphatic carbocycles. The fourth-order valence-corrected chi connectivity index (χ4v) is 0. The molecule has 0 rings (SSSR count). The van der Waals surface area contributed by atoms with E-state index in [-0.39, 0.29) is 49.7 Å². The molecule has 0 bridgehead atoms. The van der Waals surface area contributed by atoms with Crippen molar-refractivity contribution in [2.75, 3.05) is 0 Å². The normalized spacial score (nSPS) is 4.80. The summed E-state index contributed by atoms with van der Waals surface area (Å²) in [4.78, 5) is 16.5. The Labute approximate surface area is 90.1 Å². The van der Waals surface area contributed by atoms with E-state index >= 15 is 0 Å². The monoisotopic (exact) mass is 436 g/mol. The van der Waals surface area contributed by atoms with Crippen molar-refractivity contribution in [3.8, 4) is 0 Å². The van der Waals surface area contributed by atoms with Crippen LogP contribution in [0.25, 0.3) is 0 Å². The quantitative estimate of drug-likeness (QED) is 0.276. The van der Waals surface area contributed by atoms with Crippen molar-refractivity contribution in [2.24, 2.45) is 0 Å². The molecule has 0 heterocycles. The summed E-state index contributed by atoms with van der Waals surface area (Å²) in [5.41, 5.74) is 0. The van der Waals surface area contributed by atoms with Crippen molar-refractivity contribution in [3.05, 3.63) is 30.6 Å². The molecule has 0 amide bonds. The summed E-state index contributed by atoms with van der Waals surface area (Å²) in [6, 6.07) is 0. The van der Waals surface area contributed by atoms with Gasteiger partial charge in [0.15, 0.2) is 0 Å². The second-order valence-corrected chi connectivity index (χ2v) is 0.447. The third-order valence-corrected chi connectivity index (χ3v) is 0. The molecule has 8 nitrogen and oxygen atoms in total. The van der Waals surface area contributed by atoms with Crippen molar-refractivity contribution < 1.29 is 32.6 Å². The SMILES string of the molecule is O=[N+]([O-])[O-].O=[N+]([O-])[O-].[Ag+].[Tl]. The summed E-state index contributed by atoms with van der Waals surface area (Å²) in [5, 5.41) is 29.5. The van der Waals surface area contributed by atoms with Crippen molar-refractivity contribution >= 4 is 27.3 Å². The first-order valence-electron chi connectivity index (χ1n) is 1.10. The van der Waals surface area contributed by atoms with Gasteiger partial charge in [0.2, 0.25) is 0 Å². The molecule has 0 saturated heterocycles. The van der Waals surface area contributed by atoms with Crippen LogP contribution in [-0.2, 0) is 22.4 Å². The van der Waals surface area contributed by atoms with Crippen LogP contribution < -0.4 is 0 Å². The Morgan fingerprint density at radius 3 is 0.800 bits per heavy atom. The van der Waals surface area contributed by atoms with E-state index in [1.165, 1.54) is 0 Å². The summed E-state index contributed by atoms with van der Waals surface area (Å²) in [6.07, 6.45) is 0. The molecule has 10 heavy (non-hydrogen) atoms. The van der Waals surface area contributed by atoms with Gasteiger partial charge in [-0.2, -0.15) is 0 Å². The van der Waals surface area contributed by atoms with Gasteiger partial charge in [-0.3, -0.25) is 0 Å². The molecule has 0 aliphatic rings. The van der Waals surface area contributed by atoms with Crippen LogP contribution in [0.15, 0.2) is 0 Å². The zero-order valence-electron chi connectivity index (χ0n) is 4.22. The van der Waals surface area contributed by atoms with Gasteiger partial charge >= 0.3 is 22.4 Å². The first-order valence-corrected chi connectivity index (χ1v) is 1.10. The van der Waals surface area contributed by atoms with Gasteiger partial charge in [-0.15, -0.1) is 0 Å². The Morgan fingerprint density at radius 2 is 0.800 bits per heavy atom. The van der Waals surface area contributed by atoms with Gasteiger partial charge in [0, 0.05) is 27.3 Å². The molecule has 0 aromatic carbocycles. The number of hydrogen-bond acceptors (Lipinski definition) is 6. The fourth-order valence-electron chi connectivity index (χ4n) is 0. The summed E-state index contributed by atoms with van der Waals surface area (Å²) >= 11 is 0. The van der Waals surface area contributed by atoms with Crippen molar-refractivity contribution in [3.63, 3.8) is 0 Å². The topological polar surface area (TPSA) is 132 Å². The van der Waals surface area contributed by atoms with Crippen molar-refractivity contribution in [1.29, 1.82) is 0 Å². The molecule has 0 aromatic rings. The van der Waals surface area contributed by atoms with Gasteiger partial charge < -0.3 is 30.6 Å². The van der Waals surface area contributed by atoms with Crippen LogP contribution in [0.3, 0.4) is 0 Å². The van der Waals surface area contributed by atoms with Crippen LogP contribution in [-0.4, -0.2) is 37.5 Å². The van der Waals surface area contributed by atoms with E-state index in [1.54, 1.807) is 0 Å². The first kappa shape index (κ1) is 22.5. The Balaban J connectivity index is -0.0000000300. The van der Waals surface area contributed by atoms with E-state index in [2.05, 4.69) is 0 Å². The summed E-state index contributed by atoms with van der Waals surface area (Å²) in [7, 11) is 0. The predicted molar refractivity (Wildman–Crippen MR) is 26.5 cm³/mol. The molecule has 0 atom stereocenters. The molecule has 0 aromatic heterocycles. The average molecular weight is 436 g/mol. The molecule has 61 valence electrons. The average Bonchev–Trinajstić information content (AvgIpc) is 1.25. The molecular weight excluding hydrogens is 436 g/mol. The molecule has 0 saturated carbocycles. The van der Waals surface area contributed by atoms with E-state index in [4.69, 9.17) is 30.6 Å². The second kappa shape index (κ2) is 16.0. The van der Waals surface area contributed by atoms with Crippen molar-refractivity contribution in [1.82, 2.24) is 0 Å². The van der Waals surface area contributed by atoms with Crippen LogP contribution in [0.1, 0.15) is 0 Å². The molecule has 0 unspecified atom stereocenters.